The Bertz CT molecular complexity index is 370. The van der Waals surface area contributed by atoms with E-state index in [2.05, 4.69) is 20.8 Å². The van der Waals surface area contributed by atoms with Crippen LogP contribution in [0.2, 0.25) is 0 Å². The van der Waals surface area contributed by atoms with Crippen LogP contribution in [0.15, 0.2) is 22.7 Å². The first kappa shape index (κ1) is 11.9. The van der Waals surface area contributed by atoms with Gasteiger partial charge in [-0.3, -0.25) is 4.90 Å². The lowest BCUT2D eigenvalue weighted by molar-refractivity contribution is 0.107. The zero-order valence-corrected chi connectivity index (χ0v) is 10.9. The fraction of sp³-hybridized carbons (Fsp3) is 0.500. The topological polar surface area (TPSA) is 32.7 Å². The summed E-state index contributed by atoms with van der Waals surface area (Å²) in [7, 11) is 1.75. The second kappa shape index (κ2) is 5.17. The quantitative estimate of drug-likeness (QED) is 0.926. The van der Waals surface area contributed by atoms with Crippen molar-refractivity contribution < 1.29 is 9.84 Å². The van der Waals surface area contributed by atoms with Crippen molar-refractivity contribution in [3.63, 3.8) is 0 Å². The van der Waals surface area contributed by atoms with Gasteiger partial charge < -0.3 is 9.84 Å². The summed E-state index contributed by atoms with van der Waals surface area (Å²) in [6.45, 7) is 2.76. The van der Waals surface area contributed by atoms with Crippen LogP contribution in [0.5, 0.6) is 5.75 Å². The highest BCUT2D eigenvalue weighted by Gasteiger charge is 2.22. The Labute approximate surface area is 104 Å². The Hall–Kier alpha value is -0.580. The molecule has 0 aliphatic carbocycles. The maximum Gasteiger partial charge on any atom is 0.120 e. The number of benzene rings is 1. The number of aromatic hydroxyl groups is 1. The highest BCUT2D eigenvalue weighted by atomic mass is 79.9. The molecule has 1 aliphatic heterocycles. The normalized spacial score (nSPS) is 21.5. The molecule has 1 aliphatic rings. The van der Waals surface area contributed by atoms with Gasteiger partial charge in [0, 0.05) is 36.8 Å². The molecule has 3 nitrogen and oxygen atoms in total. The van der Waals surface area contributed by atoms with Crippen molar-refractivity contribution in [2.75, 3.05) is 20.2 Å². The van der Waals surface area contributed by atoms with Gasteiger partial charge in [0.15, 0.2) is 0 Å². The SMILES string of the molecule is COC1CCN(Cc2cc(Br)ccc2O)C1. The van der Waals surface area contributed by atoms with Crippen molar-refractivity contribution >= 4 is 15.9 Å². The number of nitrogens with zero attached hydrogens (tertiary/aromatic N) is 1. The van der Waals surface area contributed by atoms with Crippen LogP contribution in [0.25, 0.3) is 0 Å². The highest BCUT2D eigenvalue weighted by molar-refractivity contribution is 9.10. The molecule has 1 aromatic rings. The Morgan fingerprint density at radius 1 is 1.56 bits per heavy atom. The number of hydrogen-bond acceptors (Lipinski definition) is 3. The summed E-state index contributed by atoms with van der Waals surface area (Å²) in [4.78, 5) is 2.30. The Morgan fingerprint density at radius 3 is 3.06 bits per heavy atom. The first-order valence-corrected chi connectivity index (χ1v) is 6.21. The summed E-state index contributed by atoms with van der Waals surface area (Å²) >= 11 is 3.42. The molecule has 1 N–H and O–H groups in total. The van der Waals surface area contributed by atoms with Crippen LogP contribution in [-0.2, 0) is 11.3 Å². The van der Waals surface area contributed by atoms with E-state index in [0.29, 0.717) is 11.9 Å². The molecule has 0 amide bonds. The Kier molecular flexibility index (Phi) is 3.84. The summed E-state index contributed by atoms with van der Waals surface area (Å²) in [5, 5.41) is 9.74. The molecular weight excluding hydrogens is 270 g/mol. The molecule has 1 saturated heterocycles. The first-order chi connectivity index (χ1) is 7.69. The molecule has 0 radical (unpaired) electrons. The zero-order chi connectivity index (χ0) is 11.5. The van der Waals surface area contributed by atoms with Gasteiger partial charge >= 0.3 is 0 Å². The zero-order valence-electron chi connectivity index (χ0n) is 9.32. The van der Waals surface area contributed by atoms with Gasteiger partial charge in [0.05, 0.1) is 6.10 Å². The van der Waals surface area contributed by atoms with Gasteiger partial charge in [-0.25, -0.2) is 0 Å². The summed E-state index contributed by atoms with van der Waals surface area (Å²) in [6, 6.07) is 5.54. The molecule has 0 spiro atoms. The first-order valence-electron chi connectivity index (χ1n) is 5.41. The molecule has 0 aromatic heterocycles. The van der Waals surface area contributed by atoms with Crippen LogP contribution in [0, 0.1) is 0 Å². The second-order valence-corrected chi connectivity index (χ2v) is 5.07. The third-order valence-electron chi connectivity index (χ3n) is 3.00. The average molecular weight is 286 g/mol. The van der Waals surface area contributed by atoms with E-state index < -0.39 is 0 Å². The lowest BCUT2D eigenvalue weighted by atomic mass is 10.2. The van der Waals surface area contributed by atoms with E-state index in [1.165, 1.54) is 0 Å². The molecule has 1 unspecified atom stereocenters. The number of halogens is 1. The molecule has 0 saturated carbocycles. The second-order valence-electron chi connectivity index (χ2n) is 4.15. The minimum Gasteiger partial charge on any atom is -0.508 e. The van der Waals surface area contributed by atoms with Crippen molar-refractivity contribution in [2.45, 2.75) is 19.1 Å². The molecule has 88 valence electrons. The molecule has 1 atom stereocenters. The van der Waals surface area contributed by atoms with Crippen LogP contribution in [0.4, 0.5) is 0 Å². The molecule has 2 rings (SSSR count). The molecule has 1 aromatic carbocycles. The van der Waals surface area contributed by atoms with Crippen LogP contribution in [0.3, 0.4) is 0 Å². The van der Waals surface area contributed by atoms with E-state index in [0.717, 1.165) is 36.1 Å². The van der Waals surface area contributed by atoms with Crippen molar-refractivity contribution in [1.82, 2.24) is 4.90 Å². The van der Waals surface area contributed by atoms with Gasteiger partial charge in [-0.05, 0) is 24.6 Å². The number of phenolic OH excluding ortho intramolecular Hbond substituents is 1. The van der Waals surface area contributed by atoms with E-state index in [9.17, 15) is 5.11 Å². The van der Waals surface area contributed by atoms with Gasteiger partial charge in [-0.1, -0.05) is 15.9 Å². The maximum atomic E-state index is 9.74. The van der Waals surface area contributed by atoms with E-state index in [4.69, 9.17) is 4.74 Å². The predicted molar refractivity (Wildman–Crippen MR) is 66.5 cm³/mol. The Balaban J connectivity index is 2.01. The average Bonchev–Trinajstić information content (AvgIpc) is 2.71. The van der Waals surface area contributed by atoms with Gasteiger partial charge in [-0.2, -0.15) is 0 Å². The smallest absolute Gasteiger partial charge is 0.120 e. The van der Waals surface area contributed by atoms with Gasteiger partial charge in [0.1, 0.15) is 5.75 Å². The van der Waals surface area contributed by atoms with E-state index in [-0.39, 0.29) is 0 Å². The van der Waals surface area contributed by atoms with Gasteiger partial charge in [0.2, 0.25) is 0 Å². The molecule has 16 heavy (non-hydrogen) atoms. The highest BCUT2D eigenvalue weighted by Crippen LogP contribution is 2.25. The lowest BCUT2D eigenvalue weighted by Crippen LogP contribution is -2.22. The fourth-order valence-electron chi connectivity index (χ4n) is 2.05. The third kappa shape index (κ3) is 2.75. The monoisotopic (exact) mass is 285 g/mol. The lowest BCUT2D eigenvalue weighted by Gasteiger charge is -2.16. The van der Waals surface area contributed by atoms with Crippen molar-refractivity contribution in [3.05, 3.63) is 28.2 Å². The Morgan fingerprint density at radius 2 is 2.38 bits per heavy atom. The summed E-state index contributed by atoms with van der Waals surface area (Å²) in [5.74, 6) is 0.365. The van der Waals surface area contributed by atoms with Crippen LogP contribution in [-0.4, -0.2) is 36.3 Å². The van der Waals surface area contributed by atoms with Crippen molar-refractivity contribution in [2.24, 2.45) is 0 Å². The van der Waals surface area contributed by atoms with Crippen molar-refractivity contribution in [3.8, 4) is 5.75 Å². The number of methoxy groups -OCH3 is 1. The van der Waals surface area contributed by atoms with E-state index >= 15 is 0 Å². The summed E-state index contributed by atoms with van der Waals surface area (Å²) in [5.41, 5.74) is 0.964. The minimum atomic E-state index is 0.342. The standard InChI is InChI=1S/C12H16BrNO2/c1-16-11-4-5-14(8-11)7-9-6-10(13)2-3-12(9)15/h2-3,6,11,15H,4-5,7-8H2,1H3. The minimum absolute atomic E-state index is 0.342. The summed E-state index contributed by atoms with van der Waals surface area (Å²) < 4.78 is 6.32. The van der Waals surface area contributed by atoms with Gasteiger partial charge in [0.25, 0.3) is 0 Å². The number of rotatable bonds is 3. The van der Waals surface area contributed by atoms with Crippen LogP contribution >= 0.6 is 15.9 Å². The molecule has 4 heteroatoms. The predicted octanol–water partition coefficient (Wildman–Crippen LogP) is 2.38. The number of ether oxygens (including phenoxy) is 1. The molecule has 1 heterocycles. The summed E-state index contributed by atoms with van der Waals surface area (Å²) in [6.07, 6.45) is 1.42. The molecular formula is C12H16BrNO2. The fourth-order valence-corrected chi connectivity index (χ4v) is 2.46. The van der Waals surface area contributed by atoms with Crippen LogP contribution in [0.1, 0.15) is 12.0 Å². The van der Waals surface area contributed by atoms with Gasteiger partial charge in [-0.15, -0.1) is 0 Å². The molecule has 1 fully saturated rings. The maximum absolute atomic E-state index is 9.74. The molecule has 0 bridgehead atoms. The number of hydrogen-bond donors (Lipinski definition) is 1. The number of likely N-dealkylation sites (tertiary alicyclic amines) is 1. The largest absolute Gasteiger partial charge is 0.508 e. The van der Waals surface area contributed by atoms with E-state index in [1.807, 2.05) is 12.1 Å². The third-order valence-corrected chi connectivity index (χ3v) is 3.49. The van der Waals surface area contributed by atoms with E-state index in [1.54, 1.807) is 13.2 Å². The van der Waals surface area contributed by atoms with Crippen molar-refractivity contribution in [1.29, 1.82) is 0 Å². The number of phenols is 1. The van der Waals surface area contributed by atoms with Crippen LogP contribution < -0.4 is 0 Å².